The molecule has 3 N–H and O–H groups in total. The fourth-order valence-corrected chi connectivity index (χ4v) is 2.79. The quantitative estimate of drug-likeness (QED) is 0.890. The van der Waals surface area contributed by atoms with E-state index < -0.39 is 11.9 Å². The number of hydrogen-bond acceptors (Lipinski definition) is 3. The van der Waals surface area contributed by atoms with Gasteiger partial charge >= 0.3 is 0 Å². The Labute approximate surface area is 93.4 Å². The molecule has 1 heterocycles. The molecule has 1 aromatic heterocycles. The predicted octanol–water partition coefficient (Wildman–Crippen LogP) is 1.91. The summed E-state index contributed by atoms with van der Waals surface area (Å²) in [6.07, 6.45) is 0. The van der Waals surface area contributed by atoms with Crippen molar-refractivity contribution in [1.82, 2.24) is 5.32 Å². The third-order valence-corrected chi connectivity index (χ3v) is 4.06. The Kier molecular flexibility index (Phi) is 3.73. The third kappa shape index (κ3) is 2.43. The van der Waals surface area contributed by atoms with Crippen LogP contribution in [0.15, 0.2) is 10.5 Å². The van der Waals surface area contributed by atoms with Crippen LogP contribution < -0.4 is 11.1 Å². The van der Waals surface area contributed by atoms with E-state index in [9.17, 15) is 4.79 Å². The lowest BCUT2D eigenvalue weighted by molar-refractivity contribution is -0.119. The van der Waals surface area contributed by atoms with Crippen LogP contribution in [-0.4, -0.2) is 13.0 Å². The lowest BCUT2D eigenvalue weighted by Crippen LogP contribution is -2.30. The predicted molar refractivity (Wildman–Crippen MR) is 58.0 cm³/mol. The maximum absolute atomic E-state index is 11.0. The largest absolute Gasteiger partial charge is 0.368 e. The van der Waals surface area contributed by atoms with Gasteiger partial charge in [0.1, 0.15) is 10.4 Å². The molecule has 0 bridgehead atoms. The van der Waals surface area contributed by atoms with Gasteiger partial charge in [-0.1, -0.05) is 11.6 Å². The lowest BCUT2D eigenvalue weighted by atomic mass is 10.2. The molecule has 0 aliphatic carbocycles. The summed E-state index contributed by atoms with van der Waals surface area (Å²) in [7, 11) is 1.68. The van der Waals surface area contributed by atoms with E-state index in [1.807, 2.05) is 0 Å². The van der Waals surface area contributed by atoms with Crippen molar-refractivity contribution in [3.8, 4) is 0 Å². The highest BCUT2D eigenvalue weighted by molar-refractivity contribution is 9.10. The molecule has 6 heteroatoms. The number of nitrogens with one attached hydrogen (secondary N) is 1. The number of likely N-dealkylation sites (N-methyl/N-ethyl adjacent to an activating group) is 1. The Hall–Kier alpha value is -0.100. The second-order valence-electron chi connectivity index (χ2n) is 2.39. The van der Waals surface area contributed by atoms with Crippen LogP contribution in [0.4, 0.5) is 0 Å². The van der Waals surface area contributed by atoms with Gasteiger partial charge in [0, 0.05) is 9.35 Å². The number of nitrogens with two attached hydrogens (primary N) is 1. The zero-order valence-electron chi connectivity index (χ0n) is 6.80. The van der Waals surface area contributed by atoms with Gasteiger partial charge in [-0.05, 0) is 29.0 Å². The topological polar surface area (TPSA) is 55.1 Å². The highest BCUT2D eigenvalue weighted by Gasteiger charge is 2.18. The maximum Gasteiger partial charge on any atom is 0.239 e. The van der Waals surface area contributed by atoms with Gasteiger partial charge in [-0.2, -0.15) is 0 Å². The number of hydrogen-bond donors (Lipinski definition) is 2. The molecule has 0 aliphatic heterocycles. The first-order valence-corrected chi connectivity index (χ1v) is 5.46. The monoisotopic (exact) mass is 282 g/mol. The molecular weight excluding hydrogens is 276 g/mol. The summed E-state index contributed by atoms with van der Waals surface area (Å²) in [4.78, 5) is 11.8. The molecular formula is C7H8BrClN2OS. The van der Waals surface area contributed by atoms with E-state index in [1.165, 1.54) is 11.3 Å². The summed E-state index contributed by atoms with van der Waals surface area (Å²) in [5.41, 5.74) is 5.19. The molecule has 1 unspecified atom stereocenters. The van der Waals surface area contributed by atoms with E-state index in [1.54, 1.807) is 13.1 Å². The van der Waals surface area contributed by atoms with Crippen molar-refractivity contribution in [3.05, 3.63) is 19.8 Å². The number of carbonyl (C=O) groups is 1. The highest BCUT2D eigenvalue weighted by Crippen LogP contribution is 2.34. The molecule has 1 rings (SSSR count). The Morgan fingerprint density at radius 2 is 2.46 bits per heavy atom. The van der Waals surface area contributed by atoms with Crippen LogP contribution in [0.25, 0.3) is 0 Å². The Bertz CT molecular complexity index is 309. The average Bonchev–Trinajstić information content (AvgIpc) is 2.32. The van der Waals surface area contributed by atoms with E-state index in [-0.39, 0.29) is 0 Å². The van der Waals surface area contributed by atoms with Crippen LogP contribution >= 0.6 is 38.9 Å². The Morgan fingerprint density at radius 3 is 2.77 bits per heavy atom. The van der Waals surface area contributed by atoms with Gasteiger partial charge in [0.15, 0.2) is 0 Å². The van der Waals surface area contributed by atoms with Crippen LogP contribution in [0.2, 0.25) is 4.34 Å². The third-order valence-electron chi connectivity index (χ3n) is 1.52. The molecule has 1 amide bonds. The SMILES string of the molecule is CNC(C(N)=O)c1cc(Br)c(Cl)s1. The van der Waals surface area contributed by atoms with Crippen LogP contribution in [0, 0.1) is 0 Å². The van der Waals surface area contributed by atoms with E-state index in [0.717, 1.165) is 9.35 Å². The molecule has 0 fully saturated rings. The number of primary amides is 1. The molecule has 0 aromatic carbocycles. The summed E-state index contributed by atoms with van der Waals surface area (Å²) in [5.74, 6) is -0.409. The first-order chi connectivity index (χ1) is 6.06. The van der Waals surface area contributed by atoms with Crippen molar-refractivity contribution in [2.45, 2.75) is 6.04 Å². The van der Waals surface area contributed by atoms with Crippen LogP contribution in [0.5, 0.6) is 0 Å². The number of carbonyl (C=O) groups excluding carboxylic acids is 1. The van der Waals surface area contributed by atoms with Gasteiger partial charge in [-0.25, -0.2) is 0 Å². The number of halogens is 2. The molecule has 3 nitrogen and oxygen atoms in total. The zero-order valence-corrected chi connectivity index (χ0v) is 9.96. The molecule has 1 atom stereocenters. The van der Waals surface area contributed by atoms with Crippen molar-refractivity contribution in [1.29, 1.82) is 0 Å². The Balaban J connectivity index is 2.98. The minimum Gasteiger partial charge on any atom is -0.368 e. The van der Waals surface area contributed by atoms with Crippen molar-refractivity contribution in [2.24, 2.45) is 5.73 Å². The van der Waals surface area contributed by atoms with Crippen molar-refractivity contribution in [3.63, 3.8) is 0 Å². The van der Waals surface area contributed by atoms with Crippen LogP contribution in [0.3, 0.4) is 0 Å². The summed E-state index contributed by atoms with van der Waals surface area (Å²) < 4.78 is 1.41. The summed E-state index contributed by atoms with van der Waals surface area (Å²) >= 11 is 10.4. The van der Waals surface area contributed by atoms with Gasteiger partial charge in [0.05, 0.1) is 0 Å². The molecule has 1 aromatic rings. The van der Waals surface area contributed by atoms with E-state index in [2.05, 4.69) is 21.2 Å². The minimum absolute atomic E-state index is 0.409. The maximum atomic E-state index is 11.0. The smallest absolute Gasteiger partial charge is 0.239 e. The van der Waals surface area contributed by atoms with Crippen LogP contribution in [-0.2, 0) is 4.79 Å². The first-order valence-electron chi connectivity index (χ1n) is 3.47. The van der Waals surface area contributed by atoms with Gasteiger partial charge in [0.25, 0.3) is 0 Å². The molecule has 0 spiro atoms. The molecule has 0 radical (unpaired) electrons. The normalized spacial score (nSPS) is 12.8. The van der Waals surface area contributed by atoms with E-state index in [0.29, 0.717) is 4.34 Å². The molecule has 72 valence electrons. The van der Waals surface area contributed by atoms with Gasteiger partial charge in [-0.15, -0.1) is 11.3 Å². The average molecular weight is 284 g/mol. The van der Waals surface area contributed by atoms with E-state index >= 15 is 0 Å². The van der Waals surface area contributed by atoms with Gasteiger partial charge in [0.2, 0.25) is 5.91 Å². The fourth-order valence-electron chi connectivity index (χ4n) is 0.930. The highest BCUT2D eigenvalue weighted by atomic mass is 79.9. The first kappa shape index (κ1) is 11.0. The van der Waals surface area contributed by atoms with Gasteiger partial charge < -0.3 is 11.1 Å². The lowest BCUT2D eigenvalue weighted by Gasteiger charge is -2.08. The summed E-state index contributed by atoms with van der Waals surface area (Å²) in [6.45, 7) is 0. The number of amides is 1. The van der Waals surface area contributed by atoms with Crippen molar-refractivity contribution < 1.29 is 4.79 Å². The van der Waals surface area contributed by atoms with Crippen molar-refractivity contribution >= 4 is 44.8 Å². The standard InChI is InChI=1S/C7H8BrClN2OS/c1-11-5(7(10)12)4-2-3(8)6(9)13-4/h2,5,11H,1H3,(H2,10,12). The van der Waals surface area contributed by atoms with Crippen LogP contribution in [0.1, 0.15) is 10.9 Å². The fraction of sp³-hybridized carbons (Fsp3) is 0.286. The minimum atomic E-state index is -0.464. The second-order valence-corrected chi connectivity index (χ2v) is 4.93. The summed E-state index contributed by atoms with van der Waals surface area (Å²) in [5, 5.41) is 2.81. The summed E-state index contributed by atoms with van der Waals surface area (Å²) in [6, 6.07) is 1.33. The molecule has 0 aliphatic rings. The molecule has 0 saturated heterocycles. The molecule has 0 saturated carbocycles. The van der Waals surface area contributed by atoms with E-state index in [4.69, 9.17) is 17.3 Å². The number of thiophene rings is 1. The second kappa shape index (κ2) is 4.41. The van der Waals surface area contributed by atoms with Crippen molar-refractivity contribution in [2.75, 3.05) is 7.05 Å². The Morgan fingerprint density at radius 1 is 1.85 bits per heavy atom. The molecule has 13 heavy (non-hydrogen) atoms. The zero-order chi connectivity index (χ0) is 10.0. The van der Waals surface area contributed by atoms with Gasteiger partial charge in [-0.3, -0.25) is 4.79 Å². The number of rotatable bonds is 3.